The highest BCUT2D eigenvalue weighted by atomic mass is 32.2. The molecular formula is C16H18N10O5S3. The molecule has 34 heavy (non-hydrogen) atoms. The fourth-order valence-corrected chi connectivity index (χ4v) is 6.17. The maximum absolute atomic E-state index is 12.9. The number of thiazole rings is 1. The van der Waals surface area contributed by atoms with Crippen molar-refractivity contribution in [1.82, 2.24) is 35.5 Å². The van der Waals surface area contributed by atoms with E-state index in [-0.39, 0.29) is 28.0 Å². The molecule has 2 amide bonds. The molecule has 18 heteroatoms. The van der Waals surface area contributed by atoms with Crippen molar-refractivity contribution in [1.29, 1.82) is 0 Å². The molecule has 2 aromatic rings. The van der Waals surface area contributed by atoms with Gasteiger partial charge in [0.2, 0.25) is 5.16 Å². The minimum atomic E-state index is -1.23. The van der Waals surface area contributed by atoms with E-state index in [0.29, 0.717) is 16.5 Å². The summed E-state index contributed by atoms with van der Waals surface area (Å²) in [6, 6.07) is -0.935. The quantitative estimate of drug-likeness (QED) is 0.131. The van der Waals surface area contributed by atoms with Crippen molar-refractivity contribution in [2.24, 2.45) is 5.16 Å². The molecule has 0 bridgehead atoms. The third kappa shape index (κ3) is 4.38. The summed E-state index contributed by atoms with van der Waals surface area (Å²) in [5.74, 6) is -1.85. The first-order chi connectivity index (χ1) is 16.3. The number of hydrogen-bond donors (Lipinski definition) is 4. The van der Waals surface area contributed by atoms with Crippen molar-refractivity contribution in [3.8, 4) is 0 Å². The number of aliphatic carboxylic acids is 1. The van der Waals surface area contributed by atoms with Crippen LogP contribution in [0.25, 0.3) is 0 Å². The zero-order valence-electron chi connectivity index (χ0n) is 17.7. The van der Waals surface area contributed by atoms with Crippen molar-refractivity contribution in [2.75, 3.05) is 36.8 Å². The molecule has 2 aliphatic rings. The van der Waals surface area contributed by atoms with Gasteiger partial charge in [-0.2, -0.15) is 0 Å². The van der Waals surface area contributed by atoms with Crippen LogP contribution in [0.3, 0.4) is 0 Å². The van der Waals surface area contributed by atoms with Gasteiger partial charge in [0.25, 0.3) is 11.8 Å². The molecule has 2 aromatic heterocycles. The second kappa shape index (κ2) is 9.85. The molecule has 2 atom stereocenters. The molecule has 4 heterocycles. The standard InChI is InChI=1S/C16H18N10O5S3/c1-18-26-16(21-23-24-26)34-4-6-3-32-13-9(12(28)25(13)10(6)14(29)30)20-11(27)8(22-31-2)7-5-33-15(17)19-7/h5,9,13,18H,3-4H2,1-2H3,(H2,17,19)(H,20,27)(H,29,30)/b22-8-/t9-,13-/m1/s1. The van der Waals surface area contributed by atoms with Crippen LogP contribution in [0.4, 0.5) is 5.13 Å². The van der Waals surface area contributed by atoms with E-state index in [1.54, 1.807) is 7.05 Å². The lowest BCUT2D eigenvalue weighted by atomic mass is 10.0. The van der Waals surface area contributed by atoms with E-state index < -0.39 is 29.2 Å². The van der Waals surface area contributed by atoms with E-state index in [9.17, 15) is 19.5 Å². The number of thioether (sulfide) groups is 2. The molecule has 0 unspecified atom stereocenters. The van der Waals surface area contributed by atoms with Gasteiger partial charge in [0, 0.05) is 23.9 Å². The molecule has 0 spiro atoms. The molecular weight excluding hydrogens is 508 g/mol. The largest absolute Gasteiger partial charge is 0.477 e. The first kappa shape index (κ1) is 23.8. The Balaban J connectivity index is 1.49. The van der Waals surface area contributed by atoms with Crippen LogP contribution in [0.2, 0.25) is 0 Å². The Hall–Kier alpha value is -3.38. The van der Waals surface area contributed by atoms with Crippen LogP contribution in [-0.4, -0.2) is 95.9 Å². The van der Waals surface area contributed by atoms with Gasteiger partial charge in [-0.15, -0.1) is 27.9 Å². The Labute approximate surface area is 204 Å². The summed E-state index contributed by atoms with van der Waals surface area (Å²) < 4.78 is 0. The monoisotopic (exact) mass is 526 g/mol. The molecule has 15 nitrogen and oxygen atoms in total. The second-order valence-corrected chi connectivity index (χ2v) is 9.63. The van der Waals surface area contributed by atoms with Crippen molar-refractivity contribution < 1.29 is 24.3 Å². The fraction of sp³-hybridized carbons (Fsp3) is 0.375. The van der Waals surface area contributed by atoms with Crippen LogP contribution in [0.1, 0.15) is 5.69 Å². The molecule has 2 aliphatic heterocycles. The molecule has 1 saturated heterocycles. The Morgan fingerprint density at radius 2 is 2.26 bits per heavy atom. The number of nitrogens with two attached hydrogens (primary N) is 1. The number of oxime groups is 1. The topological polar surface area (TPSA) is 203 Å². The van der Waals surface area contributed by atoms with Gasteiger partial charge in [-0.3, -0.25) is 14.5 Å². The first-order valence-electron chi connectivity index (χ1n) is 9.48. The van der Waals surface area contributed by atoms with E-state index in [1.807, 2.05) is 0 Å². The van der Waals surface area contributed by atoms with Gasteiger partial charge < -0.3 is 26.4 Å². The average molecular weight is 527 g/mol. The van der Waals surface area contributed by atoms with Crippen LogP contribution in [0.15, 0.2) is 27.0 Å². The highest BCUT2D eigenvalue weighted by molar-refractivity contribution is 8.01. The summed E-state index contributed by atoms with van der Waals surface area (Å²) in [5, 5.41) is 28.9. The van der Waals surface area contributed by atoms with Gasteiger partial charge in [0.15, 0.2) is 10.8 Å². The highest BCUT2D eigenvalue weighted by Gasteiger charge is 2.54. The number of amides is 2. The van der Waals surface area contributed by atoms with Crippen LogP contribution < -0.4 is 16.5 Å². The smallest absolute Gasteiger partial charge is 0.352 e. The van der Waals surface area contributed by atoms with Crippen molar-refractivity contribution in [3.05, 3.63) is 22.3 Å². The second-order valence-electron chi connectivity index (χ2n) is 6.70. The number of anilines is 1. The van der Waals surface area contributed by atoms with Gasteiger partial charge in [-0.25, -0.2) is 9.78 Å². The number of tetrazole rings is 1. The number of hydrogen-bond acceptors (Lipinski definition) is 14. The summed E-state index contributed by atoms with van der Waals surface area (Å²) in [4.78, 5) is 49.0. The van der Waals surface area contributed by atoms with Gasteiger partial charge in [-0.1, -0.05) is 22.0 Å². The zero-order chi connectivity index (χ0) is 24.4. The lowest BCUT2D eigenvalue weighted by Crippen LogP contribution is -2.71. The van der Waals surface area contributed by atoms with Gasteiger partial charge in [0.1, 0.15) is 29.9 Å². The maximum Gasteiger partial charge on any atom is 0.352 e. The maximum atomic E-state index is 12.9. The summed E-state index contributed by atoms with van der Waals surface area (Å²) in [6.45, 7) is 0. The summed E-state index contributed by atoms with van der Waals surface area (Å²) >= 11 is 3.70. The van der Waals surface area contributed by atoms with E-state index in [4.69, 9.17) is 10.6 Å². The number of carbonyl (C=O) groups excluding carboxylic acids is 2. The number of aromatic nitrogens is 5. The average Bonchev–Trinajstić information content (AvgIpc) is 3.46. The van der Waals surface area contributed by atoms with Crippen molar-refractivity contribution >= 4 is 63.5 Å². The molecule has 0 saturated carbocycles. The lowest BCUT2D eigenvalue weighted by Gasteiger charge is -2.49. The van der Waals surface area contributed by atoms with Crippen LogP contribution in [0.5, 0.6) is 0 Å². The Morgan fingerprint density at radius 1 is 1.47 bits per heavy atom. The molecule has 180 valence electrons. The third-order valence-electron chi connectivity index (χ3n) is 4.73. The number of carbonyl (C=O) groups is 3. The van der Waals surface area contributed by atoms with Gasteiger partial charge >= 0.3 is 5.97 Å². The summed E-state index contributed by atoms with van der Waals surface area (Å²) in [6.07, 6.45) is 0. The molecule has 1 fully saturated rings. The predicted molar refractivity (Wildman–Crippen MR) is 124 cm³/mol. The van der Waals surface area contributed by atoms with Gasteiger partial charge in [-0.05, 0) is 16.0 Å². The van der Waals surface area contributed by atoms with Crippen LogP contribution >= 0.6 is 34.9 Å². The Morgan fingerprint density at radius 3 is 2.91 bits per heavy atom. The predicted octanol–water partition coefficient (Wildman–Crippen LogP) is -1.23. The Kier molecular flexibility index (Phi) is 6.89. The Bertz CT molecular complexity index is 1190. The minimum Gasteiger partial charge on any atom is -0.477 e. The highest BCUT2D eigenvalue weighted by Crippen LogP contribution is 2.41. The van der Waals surface area contributed by atoms with E-state index in [2.05, 4.69) is 36.4 Å². The molecule has 5 N–H and O–H groups in total. The first-order valence-corrected chi connectivity index (χ1v) is 12.4. The number of nitrogens with one attached hydrogen (secondary N) is 2. The molecule has 0 aromatic carbocycles. The zero-order valence-corrected chi connectivity index (χ0v) is 20.1. The van der Waals surface area contributed by atoms with E-state index in [0.717, 1.165) is 11.3 Å². The fourth-order valence-electron chi connectivity index (χ4n) is 3.26. The van der Waals surface area contributed by atoms with E-state index >= 15 is 0 Å². The molecule has 0 aliphatic carbocycles. The minimum absolute atomic E-state index is 0.103. The molecule has 4 rings (SSSR count). The lowest BCUT2D eigenvalue weighted by molar-refractivity contribution is -0.150. The SMILES string of the molecule is CNn1nnnc1SCC1=C(C(=O)O)N2C(=O)[C@@H](NC(=O)/C(=N\OC)c3csc(N)n3)[C@H]2SC1. The number of carboxylic acid groups (broad SMARTS) is 1. The number of nitrogens with zero attached hydrogens (tertiary/aromatic N) is 7. The number of β-lactam (4-membered cyclic amide) rings is 1. The number of rotatable bonds is 9. The number of nitrogen functional groups attached to an aromatic ring is 1. The molecule has 0 radical (unpaired) electrons. The summed E-state index contributed by atoms with van der Waals surface area (Å²) in [5.41, 5.74) is 8.90. The third-order valence-corrected chi connectivity index (χ3v) is 7.75. The van der Waals surface area contributed by atoms with E-state index in [1.165, 1.54) is 45.7 Å². The van der Waals surface area contributed by atoms with Gasteiger partial charge in [0.05, 0.1) is 0 Å². The van der Waals surface area contributed by atoms with Crippen molar-refractivity contribution in [2.45, 2.75) is 16.6 Å². The normalized spacial score (nSPS) is 20.0. The number of carboxylic acids is 1. The van der Waals surface area contributed by atoms with Crippen molar-refractivity contribution in [3.63, 3.8) is 0 Å². The number of fused-ring (bicyclic) bond motifs is 1. The van der Waals surface area contributed by atoms with Crippen LogP contribution in [-0.2, 0) is 19.2 Å². The summed E-state index contributed by atoms with van der Waals surface area (Å²) in [7, 11) is 2.91. The van der Waals surface area contributed by atoms with Crippen LogP contribution in [0, 0.1) is 0 Å².